The van der Waals surface area contributed by atoms with E-state index in [0.717, 1.165) is 11.4 Å². The highest BCUT2D eigenvalue weighted by Crippen LogP contribution is 2.24. The molecule has 0 spiro atoms. The van der Waals surface area contributed by atoms with Gasteiger partial charge < -0.3 is 5.32 Å². The maximum atomic E-state index is 12.3. The summed E-state index contributed by atoms with van der Waals surface area (Å²) in [7, 11) is 0. The van der Waals surface area contributed by atoms with E-state index in [-0.39, 0.29) is 11.8 Å². The minimum absolute atomic E-state index is 0.0390. The number of carbonyl (C=O) groups is 1. The Labute approximate surface area is 158 Å². The number of hydrogen-bond acceptors (Lipinski definition) is 3. The largest absolute Gasteiger partial charge is 0.326 e. The van der Waals surface area contributed by atoms with Gasteiger partial charge in [0.15, 0.2) is 0 Å². The number of benzene rings is 2. The van der Waals surface area contributed by atoms with Gasteiger partial charge in [-0.25, -0.2) is 0 Å². The maximum Gasteiger partial charge on any atom is 0.224 e. The minimum Gasteiger partial charge on any atom is -0.326 e. The molecule has 0 aliphatic heterocycles. The van der Waals surface area contributed by atoms with Crippen molar-refractivity contribution < 1.29 is 4.79 Å². The molecule has 26 heavy (non-hydrogen) atoms. The van der Waals surface area contributed by atoms with Gasteiger partial charge in [0.05, 0.1) is 0 Å². The summed E-state index contributed by atoms with van der Waals surface area (Å²) in [4.78, 5) is 17.6. The highest BCUT2D eigenvalue weighted by Gasteiger charge is 2.11. The van der Waals surface area contributed by atoms with Crippen LogP contribution in [0, 0.1) is 0 Å². The number of carbonyl (C=O) groups excluding carboxylic acids is 1. The first-order valence-corrected chi connectivity index (χ1v) is 9.66. The Morgan fingerprint density at radius 3 is 2.50 bits per heavy atom. The lowest BCUT2D eigenvalue weighted by atomic mass is 9.97. The standard InChI is InChI=1S/C22H22N2OS/c1-17(19-7-3-2-4-8-19)14-22(25)24-20-9-11-21(12-10-20)26-16-18-6-5-13-23-15-18/h2-13,15,17H,14,16H2,1H3,(H,24,25). The third-order valence-electron chi connectivity index (χ3n) is 4.13. The lowest BCUT2D eigenvalue weighted by molar-refractivity contribution is -0.116. The first kappa shape index (κ1) is 18.2. The van der Waals surface area contributed by atoms with Crippen molar-refractivity contribution in [1.29, 1.82) is 0 Å². The number of nitrogens with one attached hydrogen (secondary N) is 1. The second-order valence-electron chi connectivity index (χ2n) is 6.24. The molecule has 0 bridgehead atoms. The zero-order valence-electron chi connectivity index (χ0n) is 14.8. The van der Waals surface area contributed by atoms with Crippen LogP contribution < -0.4 is 5.32 Å². The second-order valence-corrected chi connectivity index (χ2v) is 7.29. The van der Waals surface area contributed by atoms with E-state index in [9.17, 15) is 4.79 Å². The molecule has 0 aliphatic carbocycles. The molecule has 3 nitrogen and oxygen atoms in total. The second kappa shape index (κ2) is 9.20. The molecular formula is C22H22N2OS. The fraction of sp³-hybridized carbons (Fsp3) is 0.182. The Bertz CT molecular complexity index is 820. The number of pyridine rings is 1. The van der Waals surface area contributed by atoms with Crippen LogP contribution in [0.1, 0.15) is 30.4 Å². The molecule has 1 amide bonds. The fourth-order valence-electron chi connectivity index (χ4n) is 2.67. The molecule has 3 aromatic rings. The molecule has 1 aromatic heterocycles. The average Bonchev–Trinajstić information content (AvgIpc) is 2.69. The zero-order chi connectivity index (χ0) is 18.2. The van der Waals surface area contributed by atoms with E-state index in [2.05, 4.69) is 35.4 Å². The number of hydrogen-bond donors (Lipinski definition) is 1. The van der Waals surface area contributed by atoms with Gasteiger partial charge in [0.25, 0.3) is 0 Å². The predicted molar refractivity (Wildman–Crippen MR) is 108 cm³/mol. The highest BCUT2D eigenvalue weighted by molar-refractivity contribution is 7.98. The molecule has 1 heterocycles. The van der Waals surface area contributed by atoms with E-state index in [1.165, 1.54) is 16.0 Å². The Kier molecular flexibility index (Phi) is 6.45. The van der Waals surface area contributed by atoms with Gasteiger partial charge in [-0.15, -0.1) is 11.8 Å². The van der Waals surface area contributed by atoms with Crippen molar-refractivity contribution in [2.75, 3.05) is 5.32 Å². The Morgan fingerprint density at radius 1 is 1.04 bits per heavy atom. The number of amides is 1. The third kappa shape index (κ3) is 5.46. The predicted octanol–water partition coefficient (Wildman–Crippen LogP) is 5.51. The number of nitrogens with zero attached hydrogens (tertiary/aromatic N) is 1. The number of aromatic nitrogens is 1. The smallest absolute Gasteiger partial charge is 0.224 e. The Hall–Kier alpha value is -2.59. The van der Waals surface area contributed by atoms with Crippen LogP contribution in [0.25, 0.3) is 0 Å². The van der Waals surface area contributed by atoms with Crippen molar-refractivity contribution in [3.63, 3.8) is 0 Å². The Balaban J connectivity index is 1.50. The van der Waals surface area contributed by atoms with E-state index >= 15 is 0 Å². The Morgan fingerprint density at radius 2 is 1.81 bits per heavy atom. The van der Waals surface area contributed by atoms with Crippen LogP contribution in [-0.4, -0.2) is 10.9 Å². The van der Waals surface area contributed by atoms with Crippen LogP contribution in [0.2, 0.25) is 0 Å². The van der Waals surface area contributed by atoms with Crippen LogP contribution in [0.15, 0.2) is 84.0 Å². The van der Waals surface area contributed by atoms with Crippen molar-refractivity contribution in [2.24, 2.45) is 0 Å². The van der Waals surface area contributed by atoms with E-state index in [1.807, 2.05) is 54.7 Å². The molecule has 1 atom stereocenters. The van der Waals surface area contributed by atoms with Gasteiger partial charge in [0.1, 0.15) is 0 Å². The van der Waals surface area contributed by atoms with E-state index in [1.54, 1.807) is 18.0 Å². The molecule has 3 rings (SSSR count). The SMILES string of the molecule is CC(CC(=O)Nc1ccc(SCc2cccnc2)cc1)c1ccccc1. The first-order chi connectivity index (χ1) is 12.7. The zero-order valence-corrected chi connectivity index (χ0v) is 15.6. The van der Waals surface area contributed by atoms with Crippen molar-refractivity contribution in [3.8, 4) is 0 Å². The maximum absolute atomic E-state index is 12.3. The van der Waals surface area contributed by atoms with Gasteiger partial charge in [0, 0.05) is 35.2 Å². The summed E-state index contributed by atoms with van der Waals surface area (Å²) < 4.78 is 0. The molecule has 1 unspecified atom stereocenters. The summed E-state index contributed by atoms with van der Waals surface area (Å²) in [6, 6.07) is 22.1. The first-order valence-electron chi connectivity index (χ1n) is 8.67. The lowest BCUT2D eigenvalue weighted by Crippen LogP contribution is -2.14. The molecule has 0 fully saturated rings. The summed E-state index contributed by atoms with van der Waals surface area (Å²) in [5.74, 6) is 1.12. The van der Waals surface area contributed by atoms with Gasteiger partial charge in [-0.3, -0.25) is 9.78 Å². The molecule has 0 aliphatic rings. The van der Waals surface area contributed by atoms with Crippen molar-refractivity contribution in [3.05, 3.63) is 90.3 Å². The van der Waals surface area contributed by atoms with Crippen LogP contribution in [0.3, 0.4) is 0 Å². The lowest BCUT2D eigenvalue weighted by Gasteiger charge is -2.12. The molecule has 0 saturated carbocycles. The van der Waals surface area contributed by atoms with Crippen molar-refractivity contribution in [2.45, 2.75) is 29.9 Å². The van der Waals surface area contributed by atoms with Crippen molar-refractivity contribution >= 4 is 23.4 Å². The molecule has 2 aromatic carbocycles. The normalized spacial score (nSPS) is 11.7. The summed E-state index contributed by atoms with van der Waals surface area (Å²) in [6.45, 7) is 2.08. The summed E-state index contributed by atoms with van der Waals surface area (Å²) in [5, 5.41) is 2.99. The monoisotopic (exact) mass is 362 g/mol. The van der Waals surface area contributed by atoms with Gasteiger partial charge in [-0.2, -0.15) is 0 Å². The van der Waals surface area contributed by atoms with Crippen LogP contribution in [0.5, 0.6) is 0 Å². The van der Waals surface area contributed by atoms with Gasteiger partial charge in [-0.1, -0.05) is 43.3 Å². The molecule has 132 valence electrons. The van der Waals surface area contributed by atoms with Gasteiger partial charge >= 0.3 is 0 Å². The van der Waals surface area contributed by atoms with Gasteiger partial charge in [0.2, 0.25) is 5.91 Å². The molecule has 0 radical (unpaired) electrons. The van der Waals surface area contributed by atoms with Gasteiger partial charge in [-0.05, 0) is 47.4 Å². The van der Waals surface area contributed by atoms with E-state index < -0.39 is 0 Å². The quantitative estimate of drug-likeness (QED) is 0.564. The summed E-state index contributed by atoms with van der Waals surface area (Å²) >= 11 is 1.76. The average molecular weight is 362 g/mol. The number of anilines is 1. The van der Waals surface area contributed by atoms with E-state index in [4.69, 9.17) is 0 Å². The number of thioether (sulfide) groups is 1. The fourth-order valence-corrected chi connectivity index (χ4v) is 3.51. The topological polar surface area (TPSA) is 42.0 Å². The van der Waals surface area contributed by atoms with Crippen LogP contribution in [0.4, 0.5) is 5.69 Å². The molecule has 4 heteroatoms. The summed E-state index contributed by atoms with van der Waals surface area (Å²) in [6.07, 6.45) is 4.14. The third-order valence-corrected chi connectivity index (χ3v) is 5.21. The van der Waals surface area contributed by atoms with Crippen LogP contribution >= 0.6 is 11.8 Å². The number of rotatable bonds is 7. The summed E-state index contributed by atoms with van der Waals surface area (Å²) in [5.41, 5.74) is 3.22. The highest BCUT2D eigenvalue weighted by atomic mass is 32.2. The van der Waals surface area contributed by atoms with E-state index in [0.29, 0.717) is 6.42 Å². The molecule has 0 saturated heterocycles. The molecule has 1 N–H and O–H groups in total. The minimum atomic E-state index is 0.0390. The van der Waals surface area contributed by atoms with Crippen molar-refractivity contribution in [1.82, 2.24) is 4.98 Å². The molecular weight excluding hydrogens is 340 g/mol. The van der Waals surface area contributed by atoms with Crippen LogP contribution in [-0.2, 0) is 10.5 Å².